The van der Waals surface area contributed by atoms with Crippen LogP contribution in [0.25, 0.3) is 11.3 Å². The second-order valence-electron chi connectivity index (χ2n) is 8.60. The lowest BCUT2D eigenvalue weighted by atomic mass is 10.0. The number of amides is 1. The molecule has 0 fully saturated rings. The van der Waals surface area contributed by atoms with Crippen LogP contribution in [0.1, 0.15) is 27.0 Å². The van der Waals surface area contributed by atoms with Gasteiger partial charge in [-0.05, 0) is 61.4 Å². The Hall–Kier alpha value is -4.75. The van der Waals surface area contributed by atoms with Crippen LogP contribution in [-0.4, -0.2) is 33.4 Å². The number of aromatic nitrogens is 2. The third kappa shape index (κ3) is 5.63. The van der Waals surface area contributed by atoms with Crippen LogP contribution < -0.4 is 14.8 Å². The van der Waals surface area contributed by atoms with E-state index in [1.54, 1.807) is 49.6 Å². The normalized spacial score (nSPS) is 12.2. The monoisotopic (exact) mass is 527 g/mol. The number of methoxy groups -OCH3 is 1. The first kappa shape index (κ1) is 26.3. The molecule has 4 rings (SSSR count). The highest BCUT2D eigenvalue weighted by Gasteiger charge is 2.23. The molecule has 0 bridgehead atoms. The highest BCUT2D eigenvalue weighted by molar-refractivity contribution is 7.91. The molecule has 38 heavy (non-hydrogen) atoms. The van der Waals surface area contributed by atoms with E-state index in [0.29, 0.717) is 38.7 Å². The molecule has 2 aromatic carbocycles. The first-order valence-corrected chi connectivity index (χ1v) is 13.4. The summed E-state index contributed by atoms with van der Waals surface area (Å²) in [4.78, 5) is 22.9. The van der Waals surface area contributed by atoms with Crippen molar-refractivity contribution in [2.75, 3.05) is 18.7 Å². The molecule has 0 saturated heterocycles. The first-order chi connectivity index (χ1) is 18.1. The lowest BCUT2D eigenvalue weighted by Crippen LogP contribution is -2.16. The maximum atomic E-state index is 13.7. The molecule has 2 N–H and O–H groups in total. The van der Waals surface area contributed by atoms with Gasteiger partial charge in [0.1, 0.15) is 5.56 Å². The summed E-state index contributed by atoms with van der Waals surface area (Å²) in [7, 11) is -1.52. The fourth-order valence-electron chi connectivity index (χ4n) is 3.75. The van der Waals surface area contributed by atoms with Crippen molar-refractivity contribution >= 4 is 21.3 Å². The summed E-state index contributed by atoms with van der Waals surface area (Å²) in [5, 5.41) is 12.0. The molecule has 0 aliphatic heterocycles. The molecule has 2 heterocycles. The SMILES string of the molecule is COc1cc(C#N)ccc1Oc1ncc(-c2ccc(C)cn2)c(C)c1C(=O)Nc1cccc([S@](C)(=N)=O)c1. The standard InChI is InChI=1S/C28H25N5O4S/c1-17-8-10-23(31-15-17)22-16-32-28(37-24-11-9-19(14-29)12-25(24)36-3)26(18(22)2)27(34)33-20-6-5-7-21(13-20)38(4,30)35/h5-13,15-16,30H,1-4H3,(H,33,34)/t38-/m1/s1. The van der Waals surface area contributed by atoms with E-state index in [1.807, 2.05) is 25.1 Å². The Balaban J connectivity index is 1.81. The lowest BCUT2D eigenvalue weighted by molar-refractivity contribution is 0.102. The first-order valence-electron chi connectivity index (χ1n) is 11.4. The van der Waals surface area contributed by atoms with Gasteiger partial charge in [-0.15, -0.1) is 0 Å². The van der Waals surface area contributed by atoms with Gasteiger partial charge in [-0.2, -0.15) is 5.26 Å². The van der Waals surface area contributed by atoms with Crippen molar-refractivity contribution in [3.8, 4) is 34.7 Å². The van der Waals surface area contributed by atoms with E-state index in [1.165, 1.54) is 25.5 Å². The van der Waals surface area contributed by atoms with E-state index in [9.17, 15) is 14.3 Å². The summed E-state index contributed by atoms with van der Waals surface area (Å²) < 4.78 is 31.5. The molecule has 4 aromatic rings. The van der Waals surface area contributed by atoms with Crippen molar-refractivity contribution in [1.82, 2.24) is 9.97 Å². The van der Waals surface area contributed by atoms with Crippen LogP contribution in [0.4, 0.5) is 5.69 Å². The summed E-state index contributed by atoms with van der Waals surface area (Å²) in [5.74, 6) is 0.0849. The maximum absolute atomic E-state index is 13.7. The molecule has 1 amide bonds. The third-order valence-electron chi connectivity index (χ3n) is 5.76. The summed E-state index contributed by atoms with van der Waals surface area (Å²) in [6, 6.07) is 16.8. The van der Waals surface area contributed by atoms with Crippen molar-refractivity contribution in [2.45, 2.75) is 18.7 Å². The number of nitrogens with one attached hydrogen (secondary N) is 2. The van der Waals surface area contributed by atoms with Crippen molar-refractivity contribution in [2.24, 2.45) is 0 Å². The smallest absolute Gasteiger partial charge is 0.261 e. The molecule has 9 nitrogen and oxygen atoms in total. The van der Waals surface area contributed by atoms with Gasteiger partial charge in [-0.3, -0.25) is 9.78 Å². The average molecular weight is 528 g/mol. The molecule has 0 radical (unpaired) electrons. The predicted octanol–water partition coefficient (Wildman–Crippen LogP) is 5.72. The van der Waals surface area contributed by atoms with E-state index in [-0.39, 0.29) is 17.2 Å². The molecule has 192 valence electrons. The predicted molar refractivity (Wildman–Crippen MR) is 144 cm³/mol. The minimum Gasteiger partial charge on any atom is -0.493 e. The van der Waals surface area contributed by atoms with Crippen LogP contribution in [0.15, 0.2) is 71.9 Å². The second kappa shape index (κ2) is 10.7. The van der Waals surface area contributed by atoms with E-state index in [4.69, 9.17) is 14.3 Å². The topological polar surface area (TPSA) is 138 Å². The fraction of sp³-hybridized carbons (Fsp3) is 0.143. The van der Waals surface area contributed by atoms with Gasteiger partial charge >= 0.3 is 0 Å². The van der Waals surface area contributed by atoms with Crippen molar-refractivity contribution in [1.29, 1.82) is 10.0 Å². The van der Waals surface area contributed by atoms with Gasteiger partial charge in [0.25, 0.3) is 5.91 Å². The number of hydrogen-bond donors (Lipinski definition) is 2. The number of rotatable bonds is 7. The highest BCUT2D eigenvalue weighted by Crippen LogP contribution is 2.36. The van der Waals surface area contributed by atoms with Gasteiger partial charge in [-0.1, -0.05) is 12.1 Å². The van der Waals surface area contributed by atoms with Gasteiger partial charge in [-0.25, -0.2) is 14.0 Å². The molecular weight excluding hydrogens is 502 g/mol. The summed E-state index contributed by atoms with van der Waals surface area (Å²) in [6.07, 6.45) is 4.63. The zero-order chi connectivity index (χ0) is 27.4. The van der Waals surface area contributed by atoms with Crippen LogP contribution >= 0.6 is 0 Å². The molecule has 10 heteroatoms. The summed E-state index contributed by atoms with van der Waals surface area (Å²) in [5.41, 5.74) is 3.77. The Morgan fingerprint density at radius 3 is 2.50 bits per heavy atom. The zero-order valence-corrected chi connectivity index (χ0v) is 22.1. The van der Waals surface area contributed by atoms with Gasteiger partial charge in [0.15, 0.2) is 11.5 Å². The molecular formula is C28H25N5O4S. The van der Waals surface area contributed by atoms with E-state index in [0.717, 1.165) is 5.56 Å². The number of aryl methyl sites for hydroxylation is 1. The van der Waals surface area contributed by atoms with E-state index < -0.39 is 15.6 Å². The number of benzene rings is 2. The van der Waals surface area contributed by atoms with Gasteiger partial charge in [0.05, 0.1) is 34.2 Å². The van der Waals surface area contributed by atoms with Gasteiger partial charge in [0, 0.05) is 40.9 Å². The molecule has 0 aliphatic carbocycles. The number of carbonyl (C=O) groups excluding carboxylic acids is 1. The number of pyridine rings is 2. The Bertz CT molecular complexity index is 1680. The van der Waals surface area contributed by atoms with Crippen LogP contribution in [-0.2, 0) is 9.73 Å². The number of anilines is 1. The minimum absolute atomic E-state index is 0.0230. The quantitative estimate of drug-likeness (QED) is 0.313. The molecule has 0 aliphatic rings. The Labute approximate surface area is 221 Å². The molecule has 0 saturated carbocycles. The fourth-order valence-corrected chi connectivity index (χ4v) is 4.44. The Kier molecular flexibility index (Phi) is 7.41. The number of ether oxygens (including phenoxy) is 2. The van der Waals surface area contributed by atoms with E-state index in [2.05, 4.69) is 15.3 Å². The van der Waals surface area contributed by atoms with Crippen LogP contribution in [0, 0.1) is 30.0 Å². The molecule has 0 unspecified atom stereocenters. The summed E-state index contributed by atoms with van der Waals surface area (Å²) in [6.45, 7) is 3.71. The van der Waals surface area contributed by atoms with Gasteiger partial charge in [0.2, 0.25) is 5.88 Å². The number of hydrogen-bond acceptors (Lipinski definition) is 8. The highest BCUT2D eigenvalue weighted by atomic mass is 32.2. The number of carbonyl (C=O) groups is 1. The average Bonchev–Trinajstić information content (AvgIpc) is 2.89. The van der Waals surface area contributed by atoms with Gasteiger partial charge < -0.3 is 14.8 Å². The Morgan fingerprint density at radius 2 is 1.84 bits per heavy atom. The minimum atomic E-state index is -2.98. The Morgan fingerprint density at radius 1 is 1.05 bits per heavy atom. The van der Waals surface area contributed by atoms with Crippen molar-refractivity contribution in [3.63, 3.8) is 0 Å². The van der Waals surface area contributed by atoms with Crippen LogP contribution in [0.3, 0.4) is 0 Å². The number of nitriles is 1. The van der Waals surface area contributed by atoms with Crippen LogP contribution in [0.5, 0.6) is 17.4 Å². The number of nitrogens with zero attached hydrogens (tertiary/aromatic N) is 3. The maximum Gasteiger partial charge on any atom is 0.261 e. The largest absolute Gasteiger partial charge is 0.493 e. The van der Waals surface area contributed by atoms with Crippen LogP contribution in [0.2, 0.25) is 0 Å². The van der Waals surface area contributed by atoms with Crippen molar-refractivity contribution < 1.29 is 18.5 Å². The third-order valence-corrected chi connectivity index (χ3v) is 6.91. The van der Waals surface area contributed by atoms with E-state index >= 15 is 0 Å². The van der Waals surface area contributed by atoms with Crippen molar-refractivity contribution in [3.05, 3.63) is 89.2 Å². The molecule has 2 aromatic heterocycles. The molecule has 0 spiro atoms. The lowest BCUT2D eigenvalue weighted by Gasteiger charge is -2.17. The summed E-state index contributed by atoms with van der Waals surface area (Å²) >= 11 is 0. The second-order valence-corrected chi connectivity index (χ2v) is 10.8. The zero-order valence-electron chi connectivity index (χ0n) is 21.2. The molecule has 1 atom stereocenters.